The fourth-order valence-electron chi connectivity index (χ4n) is 1.78. The molecule has 0 saturated carbocycles. The van der Waals surface area contributed by atoms with Crippen LogP contribution in [0.2, 0.25) is 15.1 Å². The number of hydrogen-bond donors (Lipinski definition) is 1. The quantitative estimate of drug-likeness (QED) is 0.565. The zero-order chi connectivity index (χ0) is 18.7. The van der Waals surface area contributed by atoms with Crippen molar-refractivity contribution < 1.29 is 23.1 Å². The molecule has 0 aliphatic heterocycles. The molecular formula is C16H10Cl3F2NO3. The third-order valence-electron chi connectivity index (χ3n) is 3.07. The summed E-state index contributed by atoms with van der Waals surface area (Å²) < 4.78 is 32.0. The molecule has 1 unspecified atom stereocenters. The molecule has 2 aromatic carbocycles. The maximum Gasteiger partial charge on any atom is 0.340 e. The van der Waals surface area contributed by atoms with E-state index in [0.29, 0.717) is 0 Å². The van der Waals surface area contributed by atoms with Gasteiger partial charge in [-0.2, -0.15) is 0 Å². The van der Waals surface area contributed by atoms with Gasteiger partial charge < -0.3 is 10.1 Å². The van der Waals surface area contributed by atoms with E-state index in [0.717, 1.165) is 18.2 Å². The van der Waals surface area contributed by atoms with E-state index in [4.69, 9.17) is 39.5 Å². The van der Waals surface area contributed by atoms with Crippen molar-refractivity contribution in [2.24, 2.45) is 0 Å². The zero-order valence-electron chi connectivity index (χ0n) is 12.6. The molecule has 2 rings (SSSR count). The first kappa shape index (κ1) is 19.4. The topological polar surface area (TPSA) is 55.4 Å². The van der Waals surface area contributed by atoms with Crippen LogP contribution in [-0.4, -0.2) is 18.0 Å². The fourth-order valence-corrected chi connectivity index (χ4v) is 2.40. The zero-order valence-corrected chi connectivity index (χ0v) is 14.8. The van der Waals surface area contributed by atoms with Crippen LogP contribution in [0, 0.1) is 11.6 Å². The Morgan fingerprint density at radius 2 is 1.72 bits per heavy atom. The summed E-state index contributed by atoms with van der Waals surface area (Å²) in [5, 5.41) is 2.02. The molecule has 25 heavy (non-hydrogen) atoms. The third-order valence-corrected chi connectivity index (χ3v) is 3.91. The van der Waals surface area contributed by atoms with Gasteiger partial charge in [0, 0.05) is 5.02 Å². The first-order chi connectivity index (χ1) is 11.7. The van der Waals surface area contributed by atoms with Gasteiger partial charge in [0.05, 0.1) is 21.3 Å². The first-order valence-corrected chi connectivity index (χ1v) is 7.94. The van der Waals surface area contributed by atoms with Gasteiger partial charge in [-0.3, -0.25) is 4.79 Å². The molecule has 132 valence electrons. The number of carbonyl (C=O) groups excluding carboxylic acids is 2. The lowest BCUT2D eigenvalue weighted by atomic mass is 10.2. The predicted octanol–water partition coefficient (Wildman–Crippen LogP) is 5.11. The summed E-state index contributed by atoms with van der Waals surface area (Å²) in [6.07, 6.45) is -1.29. The van der Waals surface area contributed by atoms with E-state index >= 15 is 0 Å². The van der Waals surface area contributed by atoms with Crippen LogP contribution in [0.15, 0.2) is 30.3 Å². The molecular weight excluding hydrogens is 399 g/mol. The molecule has 0 spiro atoms. The van der Waals surface area contributed by atoms with E-state index in [1.165, 1.54) is 19.1 Å². The molecule has 1 atom stereocenters. The molecule has 1 amide bonds. The van der Waals surface area contributed by atoms with Gasteiger partial charge in [-0.1, -0.05) is 34.8 Å². The third kappa shape index (κ3) is 4.81. The van der Waals surface area contributed by atoms with Crippen molar-refractivity contribution in [3.8, 4) is 0 Å². The van der Waals surface area contributed by atoms with Crippen molar-refractivity contribution >= 4 is 52.4 Å². The number of halogens is 5. The first-order valence-electron chi connectivity index (χ1n) is 6.80. The van der Waals surface area contributed by atoms with Gasteiger partial charge in [0.25, 0.3) is 5.91 Å². The molecule has 2 aromatic rings. The van der Waals surface area contributed by atoms with Gasteiger partial charge in [-0.25, -0.2) is 13.6 Å². The minimum Gasteiger partial charge on any atom is -0.449 e. The summed E-state index contributed by atoms with van der Waals surface area (Å²) in [5.41, 5.74) is -0.422. The standard InChI is InChI=1S/C16H10Cl3F2NO3/c1-7(15(23)22-14-3-2-8(17)4-13(14)21)25-16(24)9-5-12(20)11(19)6-10(9)18/h2-7H,1H3,(H,22,23). The molecule has 0 aromatic heterocycles. The minimum absolute atomic E-state index is 0.132. The molecule has 0 aliphatic carbocycles. The van der Waals surface area contributed by atoms with E-state index < -0.39 is 29.6 Å². The molecule has 0 fully saturated rings. The number of benzene rings is 2. The van der Waals surface area contributed by atoms with Crippen LogP contribution in [0.5, 0.6) is 0 Å². The smallest absolute Gasteiger partial charge is 0.340 e. The average Bonchev–Trinajstić information content (AvgIpc) is 2.53. The van der Waals surface area contributed by atoms with E-state index in [1.807, 2.05) is 0 Å². The molecule has 0 saturated heterocycles. The van der Waals surface area contributed by atoms with Crippen LogP contribution in [0.4, 0.5) is 14.5 Å². The summed E-state index contributed by atoms with van der Waals surface area (Å²) in [4.78, 5) is 24.0. The Bertz CT molecular complexity index is 846. The lowest BCUT2D eigenvalue weighted by Gasteiger charge is -2.14. The summed E-state index contributed by atoms with van der Waals surface area (Å²) in [6.45, 7) is 1.27. The Morgan fingerprint density at radius 3 is 2.36 bits per heavy atom. The molecule has 0 aliphatic rings. The van der Waals surface area contributed by atoms with Gasteiger partial charge >= 0.3 is 5.97 Å². The lowest BCUT2D eigenvalue weighted by Crippen LogP contribution is -2.30. The number of ether oxygens (including phenoxy) is 1. The Labute approximate surface area is 156 Å². The van der Waals surface area contributed by atoms with Crippen LogP contribution in [0.1, 0.15) is 17.3 Å². The van der Waals surface area contributed by atoms with Crippen LogP contribution in [0.3, 0.4) is 0 Å². The highest BCUT2D eigenvalue weighted by Crippen LogP contribution is 2.25. The SMILES string of the molecule is CC(OC(=O)c1cc(F)c(Cl)cc1Cl)C(=O)Nc1ccc(Cl)cc1F. The van der Waals surface area contributed by atoms with Crippen molar-refractivity contribution in [3.63, 3.8) is 0 Å². The second-order valence-electron chi connectivity index (χ2n) is 4.91. The van der Waals surface area contributed by atoms with E-state index in [1.54, 1.807) is 0 Å². The number of esters is 1. The maximum atomic E-state index is 13.7. The largest absolute Gasteiger partial charge is 0.449 e. The van der Waals surface area contributed by atoms with Crippen molar-refractivity contribution in [3.05, 3.63) is 62.6 Å². The maximum absolute atomic E-state index is 13.7. The van der Waals surface area contributed by atoms with Crippen LogP contribution < -0.4 is 5.32 Å². The monoisotopic (exact) mass is 407 g/mol. The summed E-state index contributed by atoms with van der Waals surface area (Å²) in [7, 11) is 0. The Morgan fingerprint density at radius 1 is 1.04 bits per heavy atom. The number of anilines is 1. The van der Waals surface area contributed by atoms with E-state index in [2.05, 4.69) is 5.32 Å². The van der Waals surface area contributed by atoms with Gasteiger partial charge in [-0.15, -0.1) is 0 Å². The molecule has 1 N–H and O–H groups in total. The molecule has 0 bridgehead atoms. The van der Waals surface area contributed by atoms with E-state index in [-0.39, 0.29) is 26.3 Å². The molecule has 9 heteroatoms. The molecule has 0 radical (unpaired) electrons. The van der Waals surface area contributed by atoms with Crippen molar-refractivity contribution in [1.29, 1.82) is 0 Å². The fraction of sp³-hybridized carbons (Fsp3) is 0.125. The highest BCUT2D eigenvalue weighted by molar-refractivity contribution is 6.36. The summed E-state index contributed by atoms with van der Waals surface area (Å²) >= 11 is 17.0. The minimum atomic E-state index is -1.29. The second kappa shape index (κ2) is 7.99. The highest BCUT2D eigenvalue weighted by atomic mass is 35.5. The van der Waals surface area contributed by atoms with Gasteiger partial charge in [0.15, 0.2) is 6.10 Å². The normalized spacial score (nSPS) is 11.8. The van der Waals surface area contributed by atoms with Crippen LogP contribution in [-0.2, 0) is 9.53 Å². The Balaban J connectivity index is 2.08. The number of hydrogen-bond acceptors (Lipinski definition) is 3. The number of carbonyl (C=O) groups is 2. The Hall–Kier alpha value is -1.89. The van der Waals surface area contributed by atoms with Crippen molar-refractivity contribution in [1.82, 2.24) is 0 Å². The molecule has 4 nitrogen and oxygen atoms in total. The van der Waals surface area contributed by atoms with E-state index in [9.17, 15) is 18.4 Å². The lowest BCUT2D eigenvalue weighted by molar-refractivity contribution is -0.123. The molecule has 0 heterocycles. The van der Waals surface area contributed by atoms with Crippen LogP contribution >= 0.6 is 34.8 Å². The van der Waals surface area contributed by atoms with Crippen LogP contribution in [0.25, 0.3) is 0 Å². The summed E-state index contributed by atoms with van der Waals surface area (Å²) in [5.74, 6) is -3.43. The number of rotatable bonds is 4. The highest BCUT2D eigenvalue weighted by Gasteiger charge is 2.22. The number of nitrogens with one attached hydrogen (secondary N) is 1. The Kier molecular flexibility index (Phi) is 6.21. The summed E-state index contributed by atoms with van der Waals surface area (Å²) in [6, 6.07) is 5.51. The van der Waals surface area contributed by atoms with Gasteiger partial charge in [0.2, 0.25) is 0 Å². The van der Waals surface area contributed by atoms with Crippen molar-refractivity contribution in [2.45, 2.75) is 13.0 Å². The second-order valence-corrected chi connectivity index (χ2v) is 6.16. The predicted molar refractivity (Wildman–Crippen MR) is 91.3 cm³/mol. The van der Waals surface area contributed by atoms with Gasteiger partial charge in [0.1, 0.15) is 11.6 Å². The number of amides is 1. The average molecular weight is 409 g/mol. The van der Waals surface area contributed by atoms with Gasteiger partial charge in [-0.05, 0) is 37.3 Å². The van der Waals surface area contributed by atoms with Crippen molar-refractivity contribution in [2.75, 3.05) is 5.32 Å².